The molecule has 2 N–H and O–H groups in total. The lowest BCUT2D eigenvalue weighted by Crippen LogP contribution is -2.47. The number of rotatable bonds is 2. The summed E-state index contributed by atoms with van der Waals surface area (Å²) in [6, 6.07) is 3.51. The third-order valence-electron chi connectivity index (χ3n) is 4.46. The largest absolute Gasteiger partial charge is 0.444 e. The number of hydrogen-bond acceptors (Lipinski definition) is 5. The second kappa shape index (κ2) is 7.46. The van der Waals surface area contributed by atoms with Gasteiger partial charge in [-0.25, -0.2) is 9.78 Å². The van der Waals surface area contributed by atoms with E-state index in [-0.39, 0.29) is 12.0 Å². The molecule has 0 radical (unpaired) electrons. The maximum absolute atomic E-state index is 12.3. The van der Waals surface area contributed by atoms with Gasteiger partial charge >= 0.3 is 6.09 Å². The maximum Gasteiger partial charge on any atom is 0.410 e. The van der Waals surface area contributed by atoms with Gasteiger partial charge in [0, 0.05) is 30.3 Å². The molecular weight excluding hydrogens is 346 g/mol. The second-order valence-electron chi connectivity index (χ2n) is 9.10. The van der Waals surface area contributed by atoms with Crippen LogP contribution in [0.4, 0.5) is 10.6 Å². The lowest BCUT2D eigenvalue weighted by molar-refractivity contribution is -0.123. The van der Waals surface area contributed by atoms with Crippen LogP contribution in [-0.2, 0) is 15.1 Å². The van der Waals surface area contributed by atoms with Gasteiger partial charge in [-0.1, -0.05) is 26.8 Å². The number of aromatic nitrogens is 1. The molecular formula is C20H31N3O4. The number of pyridine rings is 1. The van der Waals surface area contributed by atoms with Crippen molar-refractivity contribution in [3.05, 3.63) is 23.9 Å². The highest BCUT2D eigenvalue weighted by Gasteiger charge is 2.39. The van der Waals surface area contributed by atoms with Crippen molar-refractivity contribution in [3.63, 3.8) is 0 Å². The average Bonchev–Trinajstić information content (AvgIpc) is 2.53. The summed E-state index contributed by atoms with van der Waals surface area (Å²) in [6.45, 7) is 11.7. The van der Waals surface area contributed by atoms with Crippen molar-refractivity contribution in [2.45, 2.75) is 65.6 Å². The van der Waals surface area contributed by atoms with E-state index in [1.807, 2.05) is 41.5 Å². The van der Waals surface area contributed by atoms with E-state index < -0.39 is 16.6 Å². The predicted molar refractivity (Wildman–Crippen MR) is 103 cm³/mol. The summed E-state index contributed by atoms with van der Waals surface area (Å²) < 4.78 is 5.40. The molecule has 1 saturated heterocycles. The number of aliphatic hydroxyl groups is 1. The van der Waals surface area contributed by atoms with Crippen LogP contribution in [0.5, 0.6) is 0 Å². The number of carbonyl (C=O) groups is 2. The zero-order valence-electron chi connectivity index (χ0n) is 17.1. The molecule has 0 bridgehead atoms. The number of ether oxygens (including phenoxy) is 1. The van der Waals surface area contributed by atoms with Crippen LogP contribution >= 0.6 is 0 Å². The van der Waals surface area contributed by atoms with Crippen molar-refractivity contribution in [1.82, 2.24) is 9.88 Å². The van der Waals surface area contributed by atoms with Crippen molar-refractivity contribution in [2.24, 2.45) is 5.41 Å². The Morgan fingerprint density at radius 1 is 1.19 bits per heavy atom. The van der Waals surface area contributed by atoms with E-state index >= 15 is 0 Å². The first-order chi connectivity index (χ1) is 12.3. The number of amides is 2. The smallest absolute Gasteiger partial charge is 0.410 e. The molecule has 7 heteroatoms. The molecule has 1 fully saturated rings. The Hall–Kier alpha value is -2.15. The third kappa shape index (κ3) is 5.42. The number of anilines is 1. The molecule has 0 unspecified atom stereocenters. The zero-order valence-corrected chi connectivity index (χ0v) is 17.1. The van der Waals surface area contributed by atoms with E-state index in [0.717, 1.165) is 0 Å². The zero-order chi connectivity index (χ0) is 20.5. The van der Waals surface area contributed by atoms with Gasteiger partial charge in [0.1, 0.15) is 11.4 Å². The van der Waals surface area contributed by atoms with E-state index in [1.54, 1.807) is 23.2 Å². The Kier molecular flexibility index (Phi) is 5.85. The number of piperidine rings is 1. The Bertz CT molecular complexity index is 696. The van der Waals surface area contributed by atoms with Gasteiger partial charge in [-0.05, 0) is 39.7 Å². The highest BCUT2D eigenvalue weighted by Crippen LogP contribution is 2.36. The minimum atomic E-state index is -1.16. The first-order valence-electron chi connectivity index (χ1n) is 9.29. The molecule has 27 heavy (non-hydrogen) atoms. The highest BCUT2D eigenvalue weighted by atomic mass is 16.6. The van der Waals surface area contributed by atoms with E-state index in [2.05, 4.69) is 10.3 Å². The van der Waals surface area contributed by atoms with Crippen molar-refractivity contribution < 1.29 is 19.4 Å². The number of nitrogens with zero attached hydrogens (tertiary/aromatic N) is 2. The average molecular weight is 377 g/mol. The van der Waals surface area contributed by atoms with Gasteiger partial charge in [-0.3, -0.25) is 4.79 Å². The lowest BCUT2D eigenvalue weighted by Gasteiger charge is -2.39. The van der Waals surface area contributed by atoms with Crippen LogP contribution in [0.15, 0.2) is 18.3 Å². The topological polar surface area (TPSA) is 91.8 Å². The lowest BCUT2D eigenvalue weighted by atomic mass is 9.84. The van der Waals surface area contributed by atoms with Gasteiger partial charge in [0.2, 0.25) is 5.91 Å². The fourth-order valence-electron chi connectivity index (χ4n) is 2.83. The number of nitrogens with one attached hydrogen (secondary N) is 1. The van der Waals surface area contributed by atoms with E-state index in [4.69, 9.17) is 4.74 Å². The monoisotopic (exact) mass is 377 g/mol. The summed E-state index contributed by atoms with van der Waals surface area (Å²) in [5, 5.41) is 14.0. The first-order valence-corrected chi connectivity index (χ1v) is 9.29. The van der Waals surface area contributed by atoms with Gasteiger partial charge in [-0.2, -0.15) is 0 Å². The van der Waals surface area contributed by atoms with Gasteiger partial charge in [0.15, 0.2) is 0 Å². The van der Waals surface area contributed by atoms with Crippen LogP contribution in [0.25, 0.3) is 0 Å². The standard InChI is InChI=1S/C20H31N3O4/c1-18(2,3)16(24)22-15-14(8-7-11-21-15)20(26)9-12-23(13-10-20)17(25)27-19(4,5)6/h7-8,11,26H,9-10,12-13H2,1-6H3,(H,21,22,24). The molecule has 0 atom stereocenters. The van der Waals surface area contributed by atoms with Crippen molar-refractivity contribution in [2.75, 3.05) is 18.4 Å². The van der Waals surface area contributed by atoms with E-state index in [0.29, 0.717) is 37.3 Å². The summed E-state index contributed by atoms with van der Waals surface area (Å²) in [5.74, 6) is 0.197. The molecule has 1 aliphatic heterocycles. The van der Waals surface area contributed by atoms with Crippen molar-refractivity contribution in [3.8, 4) is 0 Å². The molecule has 0 aliphatic carbocycles. The quantitative estimate of drug-likeness (QED) is 0.825. The van der Waals surface area contributed by atoms with E-state index in [9.17, 15) is 14.7 Å². The van der Waals surface area contributed by atoms with Gasteiger partial charge in [-0.15, -0.1) is 0 Å². The molecule has 2 rings (SSSR count). The van der Waals surface area contributed by atoms with Crippen LogP contribution in [0, 0.1) is 5.41 Å². The summed E-state index contributed by atoms with van der Waals surface area (Å²) in [7, 11) is 0. The third-order valence-corrected chi connectivity index (χ3v) is 4.46. The molecule has 1 aromatic rings. The molecule has 1 aliphatic rings. The fourth-order valence-corrected chi connectivity index (χ4v) is 2.83. The summed E-state index contributed by atoms with van der Waals surface area (Å²) in [4.78, 5) is 30.4. The SMILES string of the molecule is CC(C)(C)OC(=O)N1CCC(O)(c2cccnc2NC(=O)C(C)(C)C)CC1. The van der Waals surface area contributed by atoms with Crippen LogP contribution in [-0.4, -0.2) is 45.7 Å². The summed E-state index contributed by atoms with van der Waals surface area (Å²) >= 11 is 0. The molecule has 0 spiro atoms. The number of likely N-dealkylation sites (tertiary alicyclic amines) is 1. The molecule has 1 aromatic heterocycles. The molecule has 0 saturated carbocycles. The minimum absolute atomic E-state index is 0.169. The van der Waals surface area contributed by atoms with Gasteiger partial charge < -0.3 is 20.1 Å². The Morgan fingerprint density at radius 3 is 2.30 bits per heavy atom. The summed E-state index contributed by atoms with van der Waals surface area (Å²) in [5.41, 5.74) is -1.71. The number of hydrogen-bond donors (Lipinski definition) is 2. The molecule has 0 aromatic carbocycles. The van der Waals surface area contributed by atoms with Gasteiger partial charge in [0.25, 0.3) is 0 Å². The molecule has 2 amide bonds. The molecule has 2 heterocycles. The normalized spacial score (nSPS) is 17.4. The van der Waals surface area contributed by atoms with Crippen LogP contribution < -0.4 is 5.32 Å². The minimum Gasteiger partial charge on any atom is -0.444 e. The van der Waals surface area contributed by atoms with Crippen LogP contribution in [0.3, 0.4) is 0 Å². The Balaban J connectivity index is 2.14. The first kappa shape index (κ1) is 21.2. The number of carbonyl (C=O) groups excluding carboxylic acids is 2. The van der Waals surface area contributed by atoms with E-state index in [1.165, 1.54) is 0 Å². The summed E-state index contributed by atoms with van der Waals surface area (Å²) in [6.07, 6.45) is 1.89. The predicted octanol–water partition coefficient (Wildman–Crippen LogP) is 3.28. The van der Waals surface area contributed by atoms with Crippen molar-refractivity contribution >= 4 is 17.8 Å². The fraction of sp³-hybridized carbons (Fsp3) is 0.650. The van der Waals surface area contributed by atoms with Crippen molar-refractivity contribution in [1.29, 1.82) is 0 Å². The Morgan fingerprint density at radius 2 is 1.78 bits per heavy atom. The Labute approximate surface area is 161 Å². The molecule has 7 nitrogen and oxygen atoms in total. The van der Waals surface area contributed by atoms with Crippen LogP contribution in [0.2, 0.25) is 0 Å². The highest BCUT2D eigenvalue weighted by molar-refractivity contribution is 5.94. The maximum atomic E-state index is 12.3. The second-order valence-corrected chi connectivity index (χ2v) is 9.10. The van der Waals surface area contributed by atoms with Gasteiger partial charge in [0.05, 0.1) is 5.60 Å². The molecule has 150 valence electrons. The van der Waals surface area contributed by atoms with Crippen LogP contribution in [0.1, 0.15) is 59.9 Å².